The van der Waals surface area contributed by atoms with Gasteiger partial charge in [-0.15, -0.1) is 0 Å². The Kier molecular flexibility index (Phi) is 6.47. The van der Waals surface area contributed by atoms with Gasteiger partial charge in [-0.2, -0.15) is 0 Å². The number of benzene rings is 1. The van der Waals surface area contributed by atoms with E-state index in [1.165, 1.54) is 0 Å². The van der Waals surface area contributed by atoms with Crippen LogP contribution in [0.3, 0.4) is 0 Å². The fraction of sp³-hybridized carbons (Fsp3) is 0.600. The van der Waals surface area contributed by atoms with Crippen molar-refractivity contribution in [3.8, 4) is 5.75 Å². The number of hydrogen-bond donors (Lipinski definition) is 1. The third kappa shape index (κ3) is 4.96. The molecular weight excluding hydrogens is 382 g/mol. The first-order chi connectivity index (χ1) is 13.3. The number of morpholine rings is 1. The topological polar surface area (TPSA) is 85.1 Å². The summed E-state index contributed by atoms with van der Waals surface area (Å²) >= 11 is 6.06. The number of ether oxygens (including phenoxy) is 2. The SMILES string of the molecule is Cc1cc(OC[C@]2(CC(N)=O)CN(C(=O)[C@H]3CCN(C)C3)CCO2)ccc1Cl. The molecule has 2 atom stereocenters. The molecule has 2 aliphatic heterocycles. The third-order valence-electron chi connectivity index (χ3n) is 5.43. The van der Waals surface area contributed by atoms with Crippen molar-refractivity contribution >= 4 is 23.4 Å². The molecule has 0 aromatic heterocycles. The van der Waals surface area contributed by atoms with Gasteiger partial charge in [-0.25, -0.2) is 0 Å². The van der Waals surface area contributed by atoms with Gasteiger partial charge < -0.3 is 25.0 Å². The molecule has 0 spiro atoms. The molecule has 8 heteroatoms. The van der Waals surface area contributed by atoms with Crippen LogP contribution in [0.4, 0.5) is 0 Å². The summed E-state index contributed by atoms with van der Waals surface area (Å²) in [5, 5.41) is 0.659. The molecule has 2 heterocycles. The molecule has 1 aromatic rings. The summed E-state index contributed by atoms with van der Waals surface area (Å²) in [7, 11) is 2.02. The summed E-state index contributed by atoms with van der Waals surface area (Å²) < 4.78 is 11.9. The number of hydrogen-bond acceptors (Lipinski definition) is 5. The normalized spacial score (nSPS) is 25.7. The van der Waals surface area contributed by atoms with E-state index in [1.807, 2.05) is 20.0 Å². The van der Waals surface area contributed by atoms with Crippen LogP contribution in [0.5, 0.6) is 5.75 Å². The van der Waals surface area contributed by atoms with Crippen LogP contribution in [0, 0.1) is 12.8 Å². The lowest BCUT2D eigenvalue weighted by atomic mass is 9.96. The van der Waals surface area contributed by atoms with Crippen LogP contribution in [0.25, 0.3) is 0 Å². The minimum Gasteiger partial charge on any atom is -0.490 e. The Hall–Kier alpha value is -1.83. The van der Waals surface area contributed by atoms with Gasteiger partial charge in [0.1, 0.15) is 18.0 Å². The first-order valence-electron chi connectivity index (χ1n) is 9.56. The molecule has 2 saturated heterocycles. The number of carbonyl (C=O) groups is 2. The van der Waals surface area contributed by atoms with Gasteiger partial charge in [0.25, 0.3) is 0 Å². The van der Waals surface area contributed by atoms with Crippen LogP contribution in [0.2, 0.25) is 5.02 Å². The maximum Gasteiger partial charge on any atom is 0.227 e. The Morgan fingerprint density at radius 3 is 2.82 bits per heavy atom. The molecule has 154 valence electrons. The molecule has 1 aromatic carbocycles. The fourth-order valence-corrected chi connectivity index (χ4v) is 4.03. The van der Waals surface area contributed by atoms with Gasteiger partial charge in [-0.3, -0.25) is 9.59 Å². The lowest BCUT2D eigenvalue weighted by molar-refractivity contribution is -0.164. The summed E-state index contributed by atoms with van der Waals surface area (Å²) in [5.41, 5.74) is 5.43. The van der Waals surface area contributed by atoms with Gasteiger partial charge in [-0.1, -0.05) is 11.6 Å². The maximum absolute atomic E-state index is 12.9. The molecule has 0 unspecified atom stereocenters. The van der Waals surface area contributed by atoms with Crippen molar-refractivity contribution < 1.29 is 19.1 Å². The van der Waals surface area contributed by atoms with Crippen LogP contribution < -0.4 is 10.5 Å². The van der Waals surface area contributed by atoms with Crippen molar-refractivity contribution in [1.29, 1.82) is 0 Å². The first kappa shape index (κ1) is 20.9. The lowest BCUT2D eigenvalue weighted by Gasteiger charge is -2.42. The van der Waals surface area contributed by atoms with E-state index in [9.17, 15) is 9.59 Å². The highest BCUT2D eigenvalue weighted by Crippen LogP contribution is 2.28. The van der Waals surface area contributed by atoms with Crippen molar-refractivity contribution in [3.63, 3.8) is 0 Å². The molecular formula is C20H28ClN3O4. The number of nitrogens with zero attached hydrogens (tertiary/aromatic N) is 2. The zero-order valence-corrected chi connectivity index (χ0v) is 17.2. The minimum atomic E-state index is -0.947. The van der Waals surface area contributed by atoms with E-state index in [1.54, 1.807) is 17.0 Å². The van der Waals surface area contributed by atoms with E-state index in [2.05, 4.69) is 4.90 Å². The van der Waals surface area contributed by atoms with Crippen LogP contribution in [0.1, 0.15) is 18.4 Å². The number of carbonyl (C=O) groups excluding carboxylic acids is 2. The van der Waals surface area contributed by atoms with Crippen molar-refractivity contribution in [3.05, 3.63) is 28.8 Å². The molecule has 0 saturated carbocycles. The number of halogens is 1. The highest BCUT2D eigenvalue weighted by atomic mass is 35.5. The standard InChI is InChI=1S/C20H28ClN3O4/c1-14-9-16(3-4-17(14)21)27-13-20(10-18(22)25)12-24(7-8-28-20)19(26)15-5-6-23(2)11-15/h3-4,9,15H,5-8,10-13H2,1-2H3,(H2,22,25)/t15-,20-/m0/s1. The van der Waals surface area contributed by atoms with Gasteiger partial charge in [0.05, 0.1) is 25.5 Å². The van der Waals surface area contributed by atoms with Crippen LogP contribution in [-0.4, -0.2) is 73.7 Å². The molecule has 3 rings (SSSR count). The van der Waals surface area contributed by atoms with Crippen LogP contribution in [0.15, 0.2) is 18.2 Å². The van der Waals surface area contributed by atoms with Crippen molar-refractivity contribution in [2.45, 2.75) is 25.4 Å². The smallest absolute Gasteiger partial charge is 0.227 e. The van der Waals surface area contributed by atoms with Crippen LogP contribution >= 0.6 is 11.6 Å². The van der Waals surface area contributed by atoms with Crippen molar-refractivity contribution in [1.82, 2.24) is 9.80 Å². The van der Waals surface area contributed by atoms with E-state index in [4.69, 9.17) is 26.8 Å². The number of amides is 2. The summed E-state index contributed by atoms with van der Waals surface area (Å²) in [5.74, 6) is 0.263. The average molecular weight is 410 g/mol. The Balaban J connectivity index is 1.71. The number of primary amides is 1. The molecule has 28 heavy (non-hydrogen) atoms. The number of likely N-dealkylation sites (tertiary alicyclic amines) is 1. The molecule has 0 aliphatic carbocycles. The van der Waals surface area contributed by atoms with Gasteiger partial charge in [0, 0.05) is 18.1 Å². The zero-order valence-electron chi connectivity index (χ0n) is 16.4. The van der Waals surface area contributed by atoms with E-state index in [-0.39, 0.29) is 24.9 Å². The largest absolute Gasteiger partial charge is 0.490 e. The predicted octanol–water partition coefficient (Wildman–Crippen LogP) is 1.45. The summed E-state index contributed by atoms with van der Waals surface area (Å²) in [4.78, 5) is 28.6. The second-order valence-electron chi connectivity index (χ2n) is 7.88. The average Bonchev–Trinajstić information content (AvgIpc) is 3.08. The third-order valence-corrected chi connectivity index (χ3v) is 5.85. The minimum absolute atomic E-state index is 0.00536. The van der Waals surface area contributed by atoms with E-state index < -0.39 is 11.5 Å². The van der Waals surface area contributed by atoms with Crippen molar-refractivity contribution in [2.24, 2.45) is 11.7 Å². The maximum atomic E-state index is 12.9. The molecule has 2 amide bonds. The highest BCUT2D eigenvalue weighted by molar-refractivity contribution is 6.31. The monoisotopic (exact) mass is 409 g/mol. The Morgan fingerprint density at radius 2 is 2.18 bits per heavy atom. The van der Waals surface area contributed by atoms with E-state index >= 15 is 0 Å². The summed E-state index contributed by atoms with van der Waals surface area (Å²) in [6.07, 6.45) is 0.851. The molecule has 2 fully saturated rings. The molecule has 0 bridgehead atoms. The lowest BCUT2D eigenvalue weighted by Crippen LogP contribution is -2.58. The molecule has 2 N–H and O–H groups in total. The number of nitrogens with two attached hydrogens (primary N) is 1. The molecule has 2 aliphatic rings. The first-order valence-corrected chi connectivity index (χ1v) is 9.94. The summed E-state index contributed by atoms with van der Waals surface area (Å²) in [6, 6.07) is 5.37. The Labute approximate surface area is 170 Å². The van der Waals surface area contributed by atoms with Gasteiger partial charge in [-0.05, 0) is 50.7 Å². The quantitative estimate of drug-likeness (QED) is 0.768. The molecule has 7 nitrogen and oxygen atoms in total. The van der Waals surface area contributed by atoms with Gasteiger partial charge in [0.15, 0.2) is 0 Å². The summed E-state index contributed by atoms with van der Waals surface area (Å²) in [6.45, 7) is 4.87. The fourth-order valence-electron chi connectivity index (χ4n) is 3.91. The molecule has 0 radical (unpaired) electrons. The highest BCUT2D eigenvalue weighted by Gasteiger charge is 2.42. The second-order valence-corrected chi connectivity index (χ2v) is 8.29. The Morgan fingerprint density at radius 1 is 1.39 bits per heavy atom. The van der Waals surface area contributed by atoms with E-state index in [0.717, 1.165) is 25.1 Å². The second kappa shape index (κ2) is 8.68. The van der Waals surface area contributed by atoms with Crippen LogP contribution in [-0.2, 0) is 14.3 Å². The predicted molar refractivity (Wildman–Crippen MR) is 106 cm³/mol. The van der Waals surface area contributed by atoms with Gasteiger partial charge >= 0.3 is 0 Å². The number of aryl methyl sites for hydroxylation is 1. The number of rotatable bonds is 6. The Bertz CT molecular complexity index is 744. The van der Waals surface area contributed by atoms with Crippen molar-refractivity contribution in [2.75, 3.05) is 46.4 Å². The van der Waals surface area contributed by atoms with Gasteiger partial charge in [0.2, 0.25) is 11.8 Å². The van der Waals surface area contributed by atoms with E-state index in [0.29, 0.717) is 30.5 Å². The zero-order chi connectivity index (χ0) is 20.3.